The van der Waals surface area contributed by atoms with Crippen LogP contribution in [0.4, 0.5) is 5.69 Å². The molecule has 2 rings (SSSR count). The Morgan fingerprint density at radius 1 is 1.27 bits per heavy atom. The lowest BCUT2D eigenvalue weighted by Gasteiger charge is -1.95. The fraction of sp³-hybridized carbons (Fsp3) is 0. The van der Waals surface area contributed by atoms with Gasteiger partial charge in [-0.25, -0.2) is 0 Å². The van der Waals surface area contributed by atoms with Gasteiger partial charge in [0.1, 0.15) is 5.52 Å². The van der Waals surface area contributed by atoms with Gasteiger partial charge in [-0.05, 0) is 6.07 Å². The van der Waals surface area contributed by atoms with Gasteiger partial charge in [0.05, 0.1) is 16.6 Å². The van der Waals surface area contributed by atoms with Gasteiger partial charge in [0.2, 0.25) is 5.56 Å². The lowest BCUT2D eigenvalue weighted by molar-refractivity contribution is -0.386. The minimum atomic E-state index is -0.802. The van der Waals surface area contributed by atoms with E-state index < -0.39 is 21.6 Å². The fourth-order valence-electron chi connectivity index (χ4n) is 1.25. The summed E-state index contributed by atoms with van der Waals surface area (Å²) in [5.74, 6) is 0. The van der Waals surface area contributed by atoms with Gasteiger partial charge in [-0.15, -0.1) is 0 Å². The molecule has 2 heterocycles. The second kappa shape index (κ2) is 3.05. The molecule has 0 saturated carbocycles. The molecule has 0 saturated heterocycles. The van der Waals surface area contributed by atoms with Gasteiger partial charge in [-0.2, -0.15) is 0 Å². The van der Waals surface area contributed by atoms with Crippen LogP contribution in [0.15, 0.2) is 27.9 Å². The van der Waals surface area contributed by atoms with Crippen LogP contribution in [0.5, 0.6) is 0 Å². The number of aromatic amines is 2. The summed E-state index contributed by atoms with van der Waals surface area (Å²) in [6.45, 7) is 0. The summed E-state index contributed by atoms with van der Waals surface area (Å²) in [6, 6.07) is 2.61. The summed E-state index contributed by atoms with van der Waals surface area (Å²) >= 11 is 0. The Morgan fingerprint density at radius 3 is 2.67 bits per heavy atom. The molecule has 0 bridgehead atoms. The van der Waals surface area contributed by atoms with E-state index in [1.165, 1.54) is 12.1 Å². The monoisotopic (exact) mass is 207 g/mol. The molecule has 0 aliphatic heterocycles. The second-order valence-corrected chi connectivity index (χ2v) is 2.87. The summed E-state index contributed by atoms with van der Waals surface area (Å²) in [4.78, 5) is 36.9. The number of pyridine rings is 2. The Labute approximate surface area is 81.5 Å². The zero-order chi connectivity index (χ0) is 11.0. The van der Waals surface area contributed by atoms with Crippen molar-refractivity contribution < 1.29 is 4.92 Å². The lowest BCUT2D eigenvalue weighted by atomic mass is 10.3. The zero-order valence-electron chi connectivity index (χ0n) is 7.31. The Morgan fingerprint density at radius 2 is 2.00 bits per heavy atom. The third-order valence-electron chi connectivity index (χ3n) is 1.94. The Kier molecular flexibility index (Phi) is 1.86. The first kappa shape index (κ1) is 9.13. The molecule has 15 heavy (non-hydrogen) atoms. The highest BCUT2D eigenvalue weighted by atomic mass is 16.6. The van der Waals surface area contributed by atoms with Crippen molar-refractivity contribution in [1.82, 2.24) is 9.97 Å². The predicted octanol–water partition coefficient (Wildman–Crippen LogP) is 0.125. The summed E-state index contributed by atoms with van der Waals surface area (Å²) < 4.78 is 0. The van der Waals surface area contributed by atoms with Crippen molar-refractivity contribution in [2.45, 2.75) is 0 Å². The quantitative estimate of drug-likeness (QED) is 0.511. The maximum atomic E-state index is 11.5. The van der Waals surface area contributed by atoms with Gasteiger partial charge in [0, 0.05) is 6.07 Å². The lowest BCUT2D eigenvalue weighted by Crippen LogP contribution is -2.14. The van der Waals surface area contributed by atoms with Crippen LogP contribution < -0.4 is 11.0 Å². The van der Waals surface area contributed by atoms with Gasteiger partial charge in [-0.3, -0.25) is 19.7 Å². The van der Waals surface area contributed by atoms with Crippen LogP contribution in [0.25, 0.3) is 11.0 Å². The van der Waals surface area contributed by atoms with E-state index in [0.717, 1.165) is 6.20 Å². The highest BCUT2D eigenvalue weighted by molar-refractivity contribution is 5.75. The first-order valence-electron chi connectivity index (χ1n) is 3.99. The van der Waals surface area contributed by atoms with Crippen LogP contribution in [-0.2, 0) is 0 Å². The third kappa shape index (κ3) is 1.39. The normalized spacial score (nSPS) is 10.4. The van der Waals surface area contributed by atoms with Crippen molar-refractivity contribution in [3.05, 3.63) is 49.0 Å². The minimum absolute atomic E-state index is 0.0864. The highest BCUT2D eigenvalue weighted by Crippen LogP contribution is 2.07. The molecule has 2 aromatic rings. The van der Waals surface area contributed by atoms with Crippen molar-refractivity contribution in [2.75, 3.05) is 0 Å². The van der Waals surface area contributed by atoms with Crippen molar-refractivity contribution in [3.63, 3.8) is 0 Å². The van der Waals surface area contributed by atoms with Crippen molar-refractivity contribution in [3.8, 4) is 0 Å². The molecule has 0 aliphatic carbocycles. The van der Waals surface area contributed by atoms with E-state index in [-0.39, 0.29) is 5.52 Å². The van der Waals surface area contributed by atoms with Crippen molar-refractivity contribution in [2.24, 2.45) is 0 Å². The second-order valence-electron chi connectivity index (χ2n) is 2.87. The molecule has 0 aromatic carbocycles. The topological polar surface area (TPSA) is 109 Å². The summed E-state index contributed by atoms with van der Waals surface area (Å²) in [6.07, 6.45) is 1.00. The summed E-state index contributed by atoms with van der Waals surface area (Å²) in [7, 11) is 0. The number of rotatable bonds is 1. The number of hydrogen-bond acceptors (Lipinski definition) is 4. The first-order valence-corrected chi connectivity index (χ1v) is 3.99. The largest absolute Gasteiger partial charge is 0.354 e. The molecule has 0 amide bonds. The van der Waals surface area contributed by atoms with Gasteiger partial charge in [0.15, 0.2) is 0 Å². The Balaban J connectivity index is 2.95. The van der Waals surface area contributed by atoms with Gasteiger partial charge in [0.25, 0.3) is 5.43 Å². The zero-order valence-corrected chi connectivity index (χ0v) is 7.31. The van der Waals surface area contributed by atoms with Crippen LogP contribution in [0, 0.1) is 10.1 Å². The number of hydrogen-bond donors (Lipinski definition) is 2. The maximum absolute atomic E-state index is 11.5. The van der Waals surface area contributed by atoms with Crippen LogP contribution in [0.3, 0.4) is 0 Å². The van der Waals surface area contributed by atoms with Gasteiger partial charge in [-0.1, -0.05) is 0 Å². The van der Waals surface area contributed by atoms with E-state index in [4.69, 9.17) is 0 Å². The molecule has 7 heteroatoms. The standard InChI is InChI=1S/C8H5N3O4/c12-6-2-1-4-7(10-6)8(13)5(3-9-4)11(14)15/h1-3H,(H,9,13)(H,10,12). The van der Waals surface area contributed by atoms with E-state index in [2.05, 4.69) is 9.97 Å². The van der Waals surface area contributed by atoms with Gasteiger partial charge < -0.3 is 9.97 Å². The molecule has 0 spiro atoms. The number of aromatic nitrogens is 2. The first-order chi connectivity index (χ1) is 7.09. The third-order valence-corrected chi connectivity index (χ3v) is 1.94. The van der Waals surface area contributed by atoms with Crippen LogP contribution in [0.2, 0.25) is 0 Å². The summed E-state index contributed by atoms with van der Waals surface area (Å²) in [5.41, 5.74) is -1.61. The maximum Gasteiger partial charge on any atom is 0.334 e. The van der Waals surface area contributed by atoms with Crippen molar-refractivity contribution in [1.29, 1.82) is 0 Å². The molecular weight excluding hydrogens is 202 g/mol. The molecule has 0 atom stereocenters. The molecule has 2 aromatic heterocycles. The van der Waals surface area contributed by atoms with E-state index in [1.807, 2.05) is 0 Å². The summed E-state index contributed by atoms with van der Waals surface area (Å²) in [5, 5.41) is 10.4. The number of nitrogens with one attached hydrogen (secondary N) is 2. The SMILES string of the molecule is O=c1ccc2[nH]cc([N+](=O)[O-])c(=O)c2[nH]1. The molecule has 76 valence electrons. The van der Waals surface area contributed by atoms with E-state index >= 15 is 0 Å². The number of fused-ring (bicyclic) bond motifs is 1. The smallest absolute Gasteiger partial charge is 0.334 e. The van der Waals surface area contributed by atoms with Crippen LogP contribution >= 0.6 is 0 Å². The molecule has 2 N–H and O–H groups in total. The predicted molar refractivity (Wildman–Crippen MR) is 51.8 cm³/mol. The Hall–Kier alpha value is -2.44. The van der Waals surface area contributed by atoms with Gasteiger partial charge >= 0.3 is 5.69 Å². The minimum Gasteiger partial charge on any atom is -0.354 e. The number of nitro groups is 1. The molecule has 0 aliphatic rings. The van der Waals surface area contributed by atoms with E-state index in [9.17, 15) is 19.7 Å². The van der Waals surface area contributed by atoms with E-state index in [0.29, 0.717) is 5.52 Å². The van der Waals surface area contributed by atoms with Crippen molar-refractivity contribution >= 4 is 16.7 Å². The highest BCUT2D eigenvalue weighted by Gasteiger charge is 2.14. The van der Waals surface area contributed by atoms with E-state index in [1.54, 1.807) is 0 Å². The number of H-pyrrole nitrogens is 2. The molecule has 0 fully saturated rings. The average Bonchev–Trinajstić information content (AvgIpc) is 2.19. The molecule has 0 unspecified atom stereocenters. The molecular formula is C8H5N3O4. The Bertz CT molecular complexity index is 655. The molecule has 0 radical (unpaired) electrons. The number of nitrogens with zero attached hydrogens (tertiary/aromatic N) is 1. The fourth-order valence-corrected chi connectivity index (χ4v) is 1.25. The molecule has 7 nitrogen and oxygen atoms in total. The average molecular weight is 207 g/mol. The van der Waals surface area contributed by atoms with Crippen LogP contribution in [-0.4, -0.2) is 14.9 Å². The van der Waals surface area contributed by atoms with Crippen LogP contribution in [0.1, 0.15) is 0 Å².